The molecule has 24 heavy (non-hydrogen) atoms. The number of halogens is 3. The zero-order valence-corrected chi connectivity index (χ0v) is 15.2. The van der Waals surface area contributed by atoms with E-state index in [4.69, 9.17) is 27.9 Å². The Bertz CT molecular complexity index is 921. The molecule has 5 nitrogen and oxygen atoms in total. The number of nitrogens with one attached hydrogen (secondary N) is 1. The number of rotatable bonds is 4. The van der Waals surface area contributed by atoms with Crippen molar-refractivity contribution in [3.63, 3.8) is 0 Å². The molecular weight excluding hydrogens is 417 g/mol. The van der Waals surface area contributed by atoms with Crippen molar-refractivity contribution >= 4 is 61.6 Å². The lowest BCUT2D eigenvalue weighted by atomic mass is 10.2. The van der Waals surface area contributed by atoms with Crippen LogP contribution in [0.1, 0.15) is 0 Å². The van der Waals surface area contributed by atoms with Crippen LogP contribution in [0.25, 0.3) is 10.9 Å². The molecule has 1 aromatic heterocycles. The van der Waals surface area contributed by atoms with Crippen LogP contribution in [0, 0.1) is 0 Å². The minimum Gasteiger partial charge on any atom is -0.467 e. The quantitative estimate of drug-likeness (QED) is 0.655. The zero-order chi connectivity index (χ0) is 17.1. The average Bonchev–Trinajstić information content (AvgIpc) is 2.56. The van der Waals surface area contributed by atoms with Gasteiger partial charge < -0.3 is 10.1 Å². The molecule has 1 heterocycles. The summed E-state index contributed by atoms with van der Waals surface area (Å²) >= 11 is 15.3. The number of amides is 1. The highest BCUT2D eigenvalue weighted by atomic mass is 79.9. The van der Waals surface area contributed by atoms with Crippen LogP contribution < -0.4 is 10.1 Å². The Morgan fingerprint density at radius 3 is 2.83 bits per heavy atom. The second-order valence-electron chi connectivity index (χ2n) is 4.80. The molecule has 2 aromatic carbocycles. The SMILES string of the molecule is O=C(COc1ncnc2ccc(Br)cc12)Nc1cc(Cl)ccc1Cl. The fourth-order valence-electron chi connectivity index (χ4n) is 2.03. The van der Waals surface area contributed by atoms with E-state index in [0.717, 1.165) is 9.99 Å². The number of carbonyl (C=O) groups is 1. The van der Waals surface area contributed by atoms with Crippen LogP contribution in [0.2, 0.25) is 10.0 Å². The number of carbonyl (C=O) groups excluding carboxylic acids is 1. The first-order chi connectivity index (χ1) is 11.5. The maximum atomic E-state index is 12.1. The van der Waals surface area contributed by atoms with Crippen molar-refractivity contribution in [2.24, 2.45) is 0 Å². The standard InChI is InChI=1S/C16H10BrCl2N3O2/c17-9-1-4-13-11(5-9)16(21-8-20-13)24-7-15(23)22-14-6-10(18)2-3-12(14)19/h1-6,8H,7H2,(H,22,23). The predicted molar refractivity (Wildman–Crippen MR) is 97.8 cm³/mol. The largest absolute Gasteiger partial charge is 0.467 e. The lowest BCUT2D eigenvalue weighted by Crippen LogP contribution is -2.20. The summed E-state index contributed by atoms with van der Waals surface area (Å²) in [6.07, 6.45) is 1.39. The topological polar surface area (TPSA) is 64.1 Å². The Morgan fingerprint density at radius 2 is 2.00 bits per heavy atom. The van der Waals surface area contributed by atoms with Gasteiger partial charge in [-0.25, -0.2) is 9.97 Å². The van der Waals surface area contributed by atoms with Gasteiger partial charge in [-0.05, 0) is 36.4 Å². The summed E-state index contributed by atoms with van der Waals surface area (Å²) in [6.45, 7) is -0.221. The first-order valence-electron chi connectivity index (χ1n) is 6.81. The summed E-state index contributed by atoms with van der Waals surface area (Å²) in [6, 6.07) is 10.3. The lowest BCUT2D eigenvalue weighted by molar-refractivity contribution is -0.118. The van der Waals surface area contributed by atoms with Crippen molar-refractivity contribution in [1.29, 1.82) is 0 Å². The average molecular weight is 427 g/mol. The van der Waals surface area contributed by atoms with Gasteiger partial charge in [0.15, 0.2) is 6.61 Å². The highest BCUT2D eigenvalue weighted by molar-refractivity contribution is 9.10. The number of anilines is 1. The number of hydrogen-bond acceptors (Lipinski definition) is 4. The number of aromatic nitrogens is 2. The number of nitrogens with zero attached hydrogens (tertiary/aromatic N) is 2. The van der Waals surface area contributed by atoms with Crippen LogP contribution in [0.15, 0.2) is 47.2 Å². The molecule has 0 atom stereocenters. The van der Waals surface area contributed by atoms with Gasteiger partial charge >= 0.3 is 0 Å². The second-order valence-corrected chi connectivity index (χ2v) is 6.56. The summed E-state index contributed by atoms with van der Waals surface area (Å²) in [5, 5.41) is 4.22. The lowest BCUT2D eigenvalue weighted by Gasteiger charge is -2.10. The van der Waals surface area contributed by atoms with Crippen LogP contribution in [0.3, 0.4) is 0 Å². The van der Waals surface area contributed by atoms with Crippen molar-refractivity contribution in [3.8, 4) is 5.88 Å². The highest BCUT2D eigenvalue weighted by Crippen LogP contribution is 2.26. The van der Waals surface area contributed by atoms with Crippen LogP contribution in [-0.2, 0) is 4.79 Å². The molecule has 0 aliphatic heterocycles. The molecule has 0 radical (unpaired) electrons. The molecule has 0 fully saturated rings. The van der Waals surface area contributed by atoms with Crippen LogP contribution in [-0.4, -0.2) is 22.5 Å². The van der Waals surface area contributed by atoms with Gasteiger partial charge in [-0.1, -0.05) is 39.1 Å². The van der Waals surface area contributed by atoms with Crippen LogP contribution >= 0.6 is 39.1 Å². The molecular formula is C16H10BrCl2N3O2. The molecule has 122 valence electrons. The molecule has 1 N–H and O–H groups in total. The van der Waals surface area contributed by atoms with E-state index < -0.39 is 0 Å². The third kappa shape index (κ3) is 3.95. The number of benzene rings is 2. The third-order valence-corrected chi connectivity index (χ3v) is 4.16. The van der Waals surface area contributed by atoms with Crippen molar-refractivity contribution in [2.75, 3.05) is 11.9 Å². The normalized spacial score (nSPS) is 10.6. The molecule has 0 aliphatic carbocycles. The summed E-state index contributed by atoms with van der Waals surface area (Å²) in [5.41, 5.74) is 1.15. The van der Waals surface area contributed by atoms with E-state index in [1.54, 1.807) is 18.2 Å². The molecule has 0 bridgehead atoms. The van der Waals surface area contributed by atoms with Gasteiger partial charge in [-0.2, -0.15) is 0 Å². The summed E-state index contributed by atoms with van der Waals surface area (Å²) in [7, 11) is 0. The van der Waals surface area contributed by atoms with Crippen molar-refractivity contribution in [3.05, 3.63) is 57.2 Å². The van der Waals surface area contributed by atoms with Gasteiger partial charge in [0.1, 0.15) is 6.33 Å². The molecule has 0 aliphatic rings. The number of fused-ring (bicyclic) bond motifs is 1. The molecule has 3 aromatic rings. The molecule has 0 saturated heterocycles. The van der Waals surface area contributed by atoms with Gasteiger partial charge in [0.2, 0.25) is 5.88 Å². The van der Waals surface area contributed by atoms with Crippen LogP contribution in [0.4, 0.5) is 5.69 Å². The first kappa shape index (κ1) is 17.0. The minimum absolute atomic E-state index is 0.221. The Balaban J connectivity index is 1.73. The smallest absolute Gasteiger partial charge is 0.262 e. The Kier molecular flexibility index (Phi) is 5.18. The Labute approximate surface area is 156 Å². The first-order valence-corrected chi connectivity index (χ1v) is 8.36. The number of hydrogen-bond donors (Lipinski definition) is 1. The molecule has 3 rings (SSSR count). The fourth-order valence-corrected chi connectivity index (χ4v) is 2.73. The molecule has 0 saturated carbocycles. The zero-order valence-electron chi connectivity index (χ0n) is 12.1. The maximum absolute atomic E-state index is 12.1. The van der Waals surface area contributed by atoms with E-state index in [1.807, 2.05) is 18.2 Å². The van der Waals surface area contributed by atoms with E-state index in [2.05, 4.69) is 31.2 Å². The predicted octanol–water partition coefficient (Wildman–Crippen LogP) is 4.72. The van der Waals surface area contributed by atoms with Crippen molar-refractivity contribution < 1.29 is 9.53 Å². The molecule has 1 amide bonds. The van der Waals surface area contributed by atoms with Crippen molar-refractivity contribution in [2.45, 2.75) is 0 Å². The van der Waals surface area contributed by atoms with E-state index in [9.17, 15) is 4.79 Å². The van der Waals surface area contributed by atoms with E-state index in [1.165, 1.54) is 6.33 Å². The van der Waals surface area contributed by atoms with E-state index in [0.29, 0.717) is 27.0 Å². The summed E-state index contributed by atoms with van der Waals surface area (Å²) < 4.78 is 6.38. The van der Waals surface area contributed by atoms with E-state index in [-0.39, 0.29) is 12.5 Å². The number of ether oxygens (including phenoxy) is 1. The van der Waals surface area contributed by atoms with Gasteiger partial charge in [-0.15, -0.1) is 0 Å². The van der Waals surface area contributed by atoms with Crippen molar-refractivity contribution in [1.82, 2.24) is 9.97 Å². The minimum atomic E-state index is -0.374. The van der Waals surface area contributed by atoms with Gasteiger partial charge in [-0.3, -0.25) is 4.79 Å². The van der Waals surface area contributed by atoms with Gasteiger partial charge in [0, 0.05) is 9.50 Å². The molecule has 8 heteroatoms. The second kappa shape index (κ2) is 7.34. The Morgan fingerprint density at radius 1 is 1.17 bits per heavy atom. The highest BCUT2D eigenvalue weighted by Gasteiger charge is 2.10. The van der Waals surface area contributed by atoms with E-state index >= 15 is 0 Å². The van der Waals surface area contributed by atoms with Gasteiger partial charge in [0.25, 0.3) is 5.91 Å². The third-order valence-electron chi connectivity index (χ3n) is 3.10. The van der Waals surface area contributed by atoms with Gasteiger partial charge in [0.05, 0.1) is 21.6 Å². The summed E-state index contributed by atoms with van der Waals surface area (Å²) in [4.78, 5) is 20.3. The molecule has 0 unspecified atom stereocenters. The maximum Gasteiger partial charge on any atom is 0.262 e. The Hall–Kier alpha value is -1.89. The summed E-state index contributed by atoms with van der Waals surface area (Å²) in [5.74, 6) is -0.0467. The van der Waals surface area contributed by atoms with Crippen LogP contribution in [0.5, 0.6) is 5.88 Å². The fraction of sp³-hybridized carbons (Fsp3) is 0.0625. The molecule has 0 spiro atoms. The monoisotopic (exact) mass is 425 g/mol.